The van der Waals surface area contributed by atoms with Crippen LogP contribution in [0.4, 0.5) is 5.69 Å². The van der Waals surface area contributed by atoms with E-state index in [4.69, 9.17) is 10.5 Å². The predicted molar refractivity (Wildman–Crippen MR) is 98.3 cm³/mol. The van der Waals surface area contributed by atoms with E-state index >= 15 is 0 Å². The third kappa shape index (κ3) is 3.65. The number of benzene rings is 2. The first-order valence-electron chi connectivity index (χ1n) is 8.16. The van der Waals surface area contributed by atoms with Crippen LogP contribution in [0.2, 0.25) is 0 Å². The molecule has 0 bridgehead atoms. The standard InChI is InChI=1S/C20H23N3O/c1-20(2,3)15-6-4-14(5-7-15)10-11-24-19-17-12-16(21)8-9-18(17)22-13-23-19/h4-9,12-13H,10-11,21H2,1-3H3. The molecule has 3 rings (SSSR count). The zero-order chi connectivity index (χ0) is 17.2. The van der Waals surface area contributed by atoms with Crippen LogP contribution in [0.5, 0.6) is 5.88 Å². The lowest BCUT2D eigenvalue weighted by Crippen LogP contribution is -2.11. The molecule has 2 aromatic carbocycles. The minimum atomic E-state index is 0.175. The summed E-state index contributed by atoms with van der Waals surface area (Å²) < 4.78 is 5.87. The number of fused-ring (bicyclic) bond motifs is 1. The van der Waals surface area contributed by atoms with E-state index in [2.05, 4.69) is 55.0 Å². The molecule has 0 aliphatic carbocycles. The summed E-state index contributed by atoms with van der Waals surface area (Å²) in [6.45, 7) is 7.22. The van der Waals surface area contributed by atoms with Crippen molar-refractivity contribution in [3.05, 3.63) is 59.9 Å². The van der Waals surface area contributed by atoms with E-state index in [0.29, 0.717) is 18.2 Å². The summed E-state index contributed by atoms with van der Waals surface area (Å²) in [6.07, 6.45) is 2.35. The lowest BCUT2D eigenvalue weighted by atomic mass is 9.86. The minimum absolute atomic E-state index is 0.175. The van der Waals surface area contributed by atoms with E-state index in [1.807, 2.05) is 18.2 Å². The number of hydrogen-bond donors (Lipinski definition) is 1. The highest BCUT2D eigenvalue weighted by atomic mass is 16.5. The van der Waals surface area contributed by atoms with Gasteiger partial charge in [-0.3, -0.25) is 0 Å². The topological polar surface area (TPSA) is 61.0 Å². The van der Waals surface area contributed by atoms with Gasteiger partial charge in [-0.1, -0.05) is 45.0 Å². The Kier molecular flexibility index (Phi) is 4.38. The van der Waals surface area contributed by atoms with Gasteiger partial charge in [0.15, 0.2) is 0 Å². The average molecular weight is 321 g/mol. The van der Waals surface area contributed by atoms with Crippen molar-refractivity contribution in [2.45, 2.75) is 32.6 Å². The van der Waals surface area contributed by atoms with Gasteiger partial charge in [0, 0.05) is 12.1 Å². The molecule has 0 saturated heterocycles. The molecule has 2 N–H and O–H groups in total. The van der Waals surface area contributed by atoms with Crippen LogP contribution in [0.25, 0.3) is 10.9 Å². The largest absolute Gasteiger partial charge is 0.477 e. The Balaban J connectivity index is 1.68. The smallest absolute Gasteiger partial charge is 0.224 e. The van der Waals surface area contributed by atoms with Gasteiger partial charge >= 0.3 is 0 Å². The van der Waals surface area contributed by atoms with Crippen LogP contribution < -0.4 is 10.5 Å². The van der Waals surface area contributed by atoms with Gasteiger partial charge in [0.25, 0.3) is 0 Å². The summed E-state index contributed by atoms with van der Waals surface area (Å²) in [4.78, 5) is 8.47. The number of aromatic nitrogens is 2. The normalized spacial score (nSPS) is 11.6. The minimum Gasteiger partial charge on any atom is -0.477 e. The maximum Gasteiger partial charge on any atom is 0.224 e. The van der Waals surface area contributed by atoms with E-state index in [9.17, 15) is 0 Å². The first-order valence-corrected chi connectivity index (χ1v) is 8.16. The van der Waals surface area contributed by atoms with Crippen LogP contribution in [0.3, 0.4) is 0 Å². The summed E-state index contributed by atoms with van der Waals surface area (Å²) in [6, 6.07) is 14.3. The van der Waals surface area contributed by atoms with Gasteiger partial charge in [0.1, 0.15) is 6.33 Å². The summed E-state index contributed by atoms with van der Waals surface area (Å²) in [5.74, 6) is 0.582. The zero-order valence-corrected chi connectivity index (χ0v) is 14.4. The SMILES string of the molecule is CC(C)(C)c1ccc(CCOc2ncnc3ccc(N)cc23)cc1. The van der Waals surface area contributed by atoms with Crippen molar-refractivity contribution in [2.75, 3.05) is 12.3 Å². The molecule has 0 fully saturated rings. The number of nitrogens with two attached hydrogens (primary N) is 1. The maximum absolute atomic E-state index is 5.87. The van der Waals surface area contributed by atoms with E-state index in [0.717, 1.165) is 17.3 Å². The molecule has 0 atom stereocenters. The average Bonchev–Trinajstić information content (AvgIpc) is 2.55. The molecule has 4 nitrogen and oxygen atoms in total. The highest BCUT2D eigenvalue weighted by Gasteiger charge is 2.12. The van der Waals surface area contributed by atoms with Crippen molar-refractivity contribution in [1.29, 1.82) is 0 Å². The van der Waals surface area contributed by atoms with Gasteiger partial charge in [-0.05, 0) is 34.7 Å². The Labute approximate surface area is 142 Å². The Morgan fingerprint density at radius 2 is 1.75 bits per heavy atom. The highest BCUT2D eigenvalue weighted by Crippen LogP contribution is 2.24. The molecule has 1 aromatic heterocycles. The summed E-state index contributed by atoms with van der Waals surface area (Å²) in [7, 11) is 0. The number of hydrogen-bond acceptors (Lipinski definition) is 4. The second-order valence-electron chi connectivity index (χ2n) is 7.00. The van der Waals surface area contributed by atoms with Crippen LogP contribution in [-0.2, 0) is 11.8 Å². The molecule has 0 spiro atoms. The second kappa shape index (κ2) is 6.48. The Morgan fingerprint density at radius 3 is 2.46 bits per heavy atom. The molecule has 1 heterocycles. The Bertz CT molecular complexity index is 836. The Hall–Kier alpha value is -2.62. The Morgan fingerprint density at radius 1 is 1.00 bits per heavy atom. The lowest BCUT2D eigenvalue weighted by Gasteiger charge is -2.19. The summed E-state index contributed by atoms with van der Waals surface area (Å²) in [5.41, 5.74) is 10.1. The van der Waals surface area contributed by atoms with Crippen molar-refractivity contribution >= 4 is 16.6 Å². The molecular formula is C20H23N3O. The quantitative estimate of drug-likeness (QED) is 0.734. The van der Waals surface area contributed by atoms with Crippen LogP contribution in [0.15, 0.2) is 48.8 Å². The monoisotopic (exact) mass is 321 g/mol. The number of rotatable bonds is 4. The molecular weight excluding hydrogens is 298 g/mol. The molecule has 0 amide bonds. The molecule has 0 aliphatic rings. The number of nitrogens with zero attached hydrogens (tertiary/aromatic N) is 2. The van der Waals surface area contributed by atoms with Crippen molar-refractivity contribution in [2.24, 2.45) is 0 Å². The van der Waals surface area contributed by atoms with E-state index in [1.165, 1.54) is 17.5 Å². The zero-order valence-electron chi connectivity index (χ0n) is 14.4. The second-order valence-corrected chi connectivity index (χ2v) is 7.00. The van der Waals surface area contributed by atoms with Crippen LogP contribution in [-0.4, -0.2) is 16.6 Å². The first-order chi connectivity index (χ1) is 11.4. The molecule has 124 valence electrons. The van der Waals surface area contributed by atoms with Crippen molar-refractivity contribution in [3.8, 4) is 5.88 Å². The van der Waals surface area contributed by atoms with Crippen LogP contribution in [0.1, 0.15) is 31.9 Å². The molecule has 4 heteroatoms. The predicted octanol–water partition coefficient (Wildman–Crippen LogP) is 4.13. The molecule has 0 aliphatic heterocycles. The fourth-order valence-corrected chi connectivity index (χ4v) is 2.60. The molecule has 0 unspecified atom stereocenters. The third-order valence-corrected chi connectivity index (χ3v) is 4.07. The van der Waals surface area contributed by atoms with E-state index < -0.39 is 0 Å². The maximum atomic E-state index is 5.87. The molecule has 3 aromatic rings. The third-order valence-electron chi connectivity index (χ3n) is 4.07. The fraction of sp³-hybridized carbons (Fsp3) is 0.300. The van der Waals surface area contributed by atoms with Crippen LogP contribution >= 0.6 is 0 Å². The number of anilines is 1. The van der Waals surface area contributed by atoms with Crippen LogP contribution in [0, 0.1) is 0 Å². The summed E-state index contributed by atoms with van der Waals surface area (Å²) in [5, 5.41) is 0.848. The molecule has 0 saturated carbocycles. The first kappa shape index (κ1) is 16.2. The summed E-state index contributed by atoms with van der Waals surface area (Å²) >= 11 is 0. The van der Waals surface area contributed by atoms with E-state index in [1.54, 1.807) is 0 Å². The lowest BCUT2D eigenvalue weighted by molar-refractivity contribution is 0.313. The van der Waals surface area contributed by atoms with Crippen molar-refractivity contribution in [3.63, 3.8) is 0 Å². The van der Waals surface area contributed by atoms with Gasteiger partial charge in [-0.25, -0.2) is 9.97 Å². The van der Waals surface area contributed by atoms with Gasteiger partial charge in [-0.15, -0.1) is 0 Å². The highest BCUT2D eigenvalue weighted by molar-refractivity contribution is 5.86. The fourth-order valence-electron chi connectivity index (χ4n) is 2.60. The van der Waals surface area contributed by atoms with Gasteiger partial charge < -0.3 is 10.5 Å². The van der Waals surface area contributed by atoms with Crippen molar-refractivity contribution < 1.29 is 4.74 Å². The molecule has 0 radical (unpaired) electrons. The van der Waals surface area contributed by atoms with E-state index in [-0.39, 0.29) is 5.41 Å². The van der Waals surface area contributed by atoms with Gasteiger partial charge in [0.05, 0.1) is 17.5 Å². The molecule has 24 heavy (non-hydrogen) atoms. The number of ether oxygens (including phenoxy) is 1. The van der Waals surface area contributed by atoms with Gasteiger partial charge in [0.2, 0.25) is 5.88 Å². The van der Waals surface area contributed by atoms with Crippen molar-refractivity contribution in [1.82, 2.24) is 9.97 Å². The van der Waals surface area contributed by atoms with Gasteiger partial charge in [-0.2, -0.15) is 0 Å². The number of nitrogen functional groups attached to an aromatic ring is 1.